The third-order valence-corrected chi connectivity index (χ3v) is 3.50. The standard InChI is InChI=1S/C14H21ClN4O/c15-11-6-7-13(18-10-11)20-9-8-17-14(16)19-12-4-2-1-3-5-12/h6-7,10,12H,1-5,8-9H2,(H3,16,17,19). The number of hydrogen-bond donors (Lipinski definition) is 2. The fourth-order valence-electron chi connectivity index (χ4n) is 2.27. The number of pyridine rings is 1. The topological polar surface area (TPSA) is 72.5 Å². The van der Waals surface area contributed by atoms with E-state index in [9.17, 15) is 0 Å². The Hall–Kier alpha value is -1.49. The Morgan fingerprint density at radius 2 is 2.20 bits per heavy atom. The molecule has 2 rings (SSSR count). The number of rotatable bonds is 5. The predicted molar refractivity (Wildman–Crippen MR) is 81.2 cm³/mol. The second kappa shape index (κ2) is 7.94. The summed E-state index contributed by atoms with van der Waals surface area (Å²) in [6.07, 6.45) is 7.80. The van der Waals surface area contributed by atoms with Crippen molar-refractivity contribution in [1.29, 1.82) is 0 Å². The van der Waals surface area contributed by atoms with Gasteiger partial charge in [0.05, 0.1) is 11.6 Å². The molecule has 0 aromatic carbocycles. The zero-order chi connectivity index (χ0) is 14.2. The molecule has 0 bridgehead atoms. The number of aromatic nitrogens is 1. The summed E-state index contributed by atoms with van der Waals surface area (Å²) in [6.45, 7) is 0.956. The number of nitrogens with zero attached hydrogens (tertiary/aromatic N) is 2. The SMILES string of the molecule is NC(=NCCOc1ccc(Cl)cn1)NC1CCCCC1. The van der Waals surface area contributed by atoms with E-state index < -0.39 is 0 Å². The minimum Gasteiger partial charge on any atom is -0.476 e. The Morgan fingerprint density at radius 3 is 2.90 bits per heavy atom. The summed E-state index contributed by atoms with van der Waals surface area (Å²) in [4.78, 5) is 8.29. The number of hydrogen-bond acceptors (Lipinski definition) is 3. The van der Waals surface area contributed by atoms with Crippen molar-refractivity contribution < 1.29 is 4.74 Å². The normalized spacial score (nSPS) is 16.9. The largest absolute Gasteiger partial charge is 0.476 e. The van der Waals surface area contributed by atoms with E-state index in [0.717, 1.165) is 0 Å². The monoisotopic (exact) mass is 296 g/mol. The maximum absolute atomic E-state index is 5.85. The Morgan fingerprint density at radius 1 is 1.40 bits per heavy atom. The predicted octanol–water partition coefficient (Wildman–Crippen LogP) is 2.35. The first kappa shape index (κ1) is 14.9. The molecule has 5 nitrogen and oxygen atoms in total. The van der Waals surface area contributed by atoms with Crippen LogP contribution >= 0.6 is 11.6 Å². The molecule has 0 atom stereocenters. The van der Waals surface area contributed by atoms with Gasteiger partial charge in [0.25, 0.3) is 0 Å². The number of guanidine groups is 1. The van der Waals surface area contributed by atoms with Crippen molar-refractivity contribution >= 4 is 17.6 Å². The van der Waals surface area contributed by atoms with Crippen LogP contribution in [0.15, 0.2) is 23.3 Å². The Labute approximate surface area is 124 Å². The summed E-state index contributed by atoms with van der Waals surface area (Å²) < 4.78 is 5.44. The summed E-state index contributed by atoms with van der Waals surface area (Å²) in [7, 11) is 0. The molecule has 0 unspecified atom stereocenters. The van der Waals surface area contributed by atoms with Gasteiger partial charge in [0, 0.05) is 18.3 Å². The van der Waals surface area contributed by atoms with Crippen molar-refractivity contribution in [3.05, 3.63) is 23.4 Å². The van der Waals surface area contributed by atoms with Crippen LogP contribution < -0.4 is 15.8 Å². The van der Waals surface area contributed by atoms with E-state index in [-0.39, 0.29) is 0 Å². The van der Waals surface area contributed by atoms with Gasteiger partial charge in [-0.15, -0.1) is 0 Å². The third kappa shape index (κ3) is 5.25. The highest BCUT2D eigenvalue weighted by molar-refractivity contribution is 6.30. The lowest BCUT2D eigenvalue weighted by Crippen LogP contribution is -2.41. The van der Waals surface area contributed by atoms with E-state index in [1.165, 1.54) is 32.1 Å². The second-order valence-corrected chi connectivity index (χ2v) is 5.35. The van der Waals surface area contributed by atoms with Gasteiger partial charge in [0.2, 0.25) is 5.88 Å². The molecule has 3 N–H and O–H groups in total. The van der Waals surface area contributed by atoms with Gasteiger partial charge < -0.3 is 15.8 Å². The lowest BCUT2D eigenvalue weighted by atomic mass is 9.96. The van der Waals surface area contributed by atoms with Crippen molar-refractivity contribution in [1.82, 2.24) is 10.3 Å². The van der Waals surface area contributed by atoms with Gasteiger partial charge in [-0.25, -0.2) is 9.98 Å². The summed E-state index contributed by atoms with van der Waals surface area (Å²) in [6, 6.07) is 3.95. The molecule has 1 heterocycles. The van der Waals surface area contributed by atoms with Gasteiger partial charge in [0.15, 0.2) is 5.96 Å². The number of nitrogens with one attached hydrogen (secondary N) is 1. The molecule has 6 heteroatoms. The molecule has 0 spiro atoms. The van der Waals surface area contributed by atoms with Crippen molar-refractivity contribution in [3.63, 3.8) is 0 Å². The number of nitrogens with two attached hydrogens (primary N) is 1. The maximum Gasteiger partial charge on any atom is 0.213 e. The van der Waals surface area contributed by atoms with E-state index in [4.69, 9.17) is 22.1 Å². The van der Waals surface area contributed by atoms with E-state index in [1.807, 2.05) is 0 Å². The summed E-state index contributed by atoms with van der Waals surface area (Å²) in [5, 5.41) is 3.86. The summed E-state index contributed by atoms with van der Waals surface area (Å²) in [5.41, 5.74) is 5.85. The molecule has 0 amide bonds. The quantitative estimate of drug-likeness (QED) is 0.497. The van der Waals surface area contributed by atoms with Gasteiger partial charge in [-0.2, -0.15) is 0 Å². The van der Waals surface area contributed by atoms with Gasteiger partial charge in [0.1, 0.15) is 6.61 Å². The van der Waals surface area contributed by atoms with Gasteiger partial charge >= 0.3 is 0 Å². The fraction of sp³-hybridized carbons (Fsp3) is 0.571. The molecule has 1 fully saturated rings. The molecule has 1 aromatic heterocycles. The van der Waals surface area contributed by atoms with Crippen LogP contribution in [0, 0.1) is 0 Å². The lowest BCUT2D eigenvalue weighted by Gasteiger charge is -2.23. The van der Waals surface area contributed by atoms with Crippen LogP contribution in [-0.4, -0.2) is 30.1 Å². The minimum atomic E-state index is 0.446. The van der Waals surface area contributed by atoms with E-state index in [0.29, 0.717) is 36.1 Å². The average Bonchev–Trinajstić information content (AvgIpc) is 2.46. The van der Waals surface area contributed by atoms with Gasteiger partial charge in [-0.3, -0.25) is 0 Å². The molecule has 1 saturated carbocycles. The molecule has 110 valence electrons. The Bertz CT molecular complexity index is 429. The molecule has 20 heavy (non-hydrogen) atoms. The third-order valence-electron chi connectivity index (χ3n) is 3.28. The highest BCUT2D eigenvalue weighted by atomic mass is 35.5. The van der Waals surface area contributed by atoms with Crippen LogP contribution in [0.4, 0.5) is 0 Å². The second-order valence-electron chi connectivity index (χ2n) is 4.91. The van der Waals surface area contributed by atoms with E-state index >= 15 is 0 Å². The highest BCUT2D eigenvalue weighted by Gasteiger charge is 2.13. The van der Waals surface area contributed by atoms with Crippen molar-refractivity contribution in [2.24, 2.45) is 10.7 Å². The Balaban J connectivity index is 1.65. The van der Waals surface area contributed by atoms with Crippen LogP contribution in [-0.2, 0) is 0 Å². The zero-order valence-electron chi connectivity index (χ0n) is 11.5. The molecular weight excluding hydrogens is 276 g/mol. The van der Waals surface area contributed by atoms with Crippen LogP contribution in [0.5, 0.6) is 5.88 Å². The van der Waals surface area contributed by atoms with Crippen molar-refractivity contribution in [3.8, 4) is 5.88 Å². The molecule has 1 aliphatic carbocycles. The number of ether oxygens (including phenoxy) is 1. The van der Waals surface area contributed by atoms with Crippen LogP contribution in [0.1, 0.15) is 32.1 Å². The highest BCUT2D eigenvalue weighted by Crippen LogP contribution is 2.17. The maximum atomic E-state index is 5.85. The first-order valence-corrected chi connectivity index (χ1v) is 7.42. The summed E-state index contributed by atoms with van der Waals surface area (Å²) >= 11 is 5.74. The van der Waals surface area contributed by atoms with Crippen molar-refractivity contribution in [2.45, 2.75) is 38.1 Å². The molecule has 0 saturated heterocycles. The zero-order valence-corrected chi connectivity index (χ0v) is 12.3. The van der Waals surface area contributed by atoms with E-state index in [2.05, 4.69) is 15.3 Å². The number of halogens is 1. The molecule has 0 radical (unpaired) electrons. The average molecular weight is 297 g/mol. The molecule has 1 aromatic rings. The number of aliphatic imine (C=N–C) groups is 1. The molecule has 1 aliphatic rings. The summed E-state index contributed by atoms with van der Waals surface area (Å²) in [5.74, 6) is 1.05. The van der Waals surface area contributed by atoms with Gasteiger partial charge in [-0.1, -0.05) is 30.9 Å². The smallest absolute Gasteiger partial charge is 0.213 e. The van der Waals surface area contributed by atoms with Crippen LogP contribution in [0.3, 0.4) is 0 Å². The Kier molecular flexibility index (Phi) is 5.92. The molecular formula is C14H21ClN4O. The lowest BCUT2D eigenvalue weighted by molar-refractivity contribution is 0.315. The van der Waals surface area contributed by atoms with Crippen molar-refractivity contribution in [2.75, 3.05) is 13.2 Å². The molecule has 0 aliphatic heterocycles. The first-order chi connectivity index (χ1) is 9.74. The first-order valence-electron chi connectivity index (χ1n) is 7.05. The van der Waals surface area contributed by atoms with Crippen LogP contribution in [0.25, 0.3) is 0 Å². The van der Waals surface area contributed by atoms with Gasteiger partial charge in [-0.05, 0) is 18.9 Å². The minimum absolute atomic E-state index is 0.446. The fourth-order valence-corrected chi connectivity index (χ4v) is 2.38. The van der Waals surface area contributed by atoms with Crippen LogP contribution in [0.2, 0.25) is 5.02 Å². The van der Waals surface area contributed by atoms with E-state index in [1.54, 1.807) is 18.3 Å².